The van der Waals surface area contributed by atoms with Crippen LogP contribution in [0.3, 0.4) is 0 Å². The van der Waals surface area contributed by atoms with Crippen LogP contribution in [0.2, 0.25) is 0 Å². The molecule has 1 heterocycles. The maximum absolute atomic E-state index is 14.2. The topological polar surface area (TPSA) is 117 Å². The van der Waals surface area contributed by atoms with Crippen LogP contribution in [-0.2, 0) is 15.6 Å². The van der Waals surface area contributed by atoms with Crippen LogP contribution in [0.1, 0.15) is 28.8 Å². The Kier molecular flexibility index (Phi) is 9.05. The number of rotatable bonds is 11. The quantitative estimate of drug-likeness (QED) is 0.312. The summed E-state index contributed by atoms with van der Waals surface area (Å²) in [5.41, 5.74) is -0.0673. The number of phenols is 1. The van der Waals surface area contributed by atoms with Crippen molar-refractivity contribution in [3.8, 4) is 17.2 Å². The van der Waals surface area contributed by atoms with Gasteiger partial charge < -0.3 is 19.9 Å². The van der Waals surface area contributed by atoms with Crippen molar-refractivity contribution in [2.75, 3.05) is 39.9 Å². The van der Waals surface area contributed by atoms with Gasteiger partial charge >= 0.3 is 0 Å². The van der Waals surface area contributed by atoms with Gasteiger partial charge in [0.1, 0.15) is 35.2 Å². The van der Waals surface area contributed by atoms with Gasteiger partial charge in [-0.2, -0.15) is 17.4 Å². The maximum atomic E-state index is 14.2. The average molecular weight is 558 g/mol. The number of halogens is 1. The molecule has 11 heteroatoms. The molecular weight excluding hydrogens is 525 g/mol. The van der Waals surface area contributed by atoms with E-state index in [1.54, 1.807) is 36.4 Å². The van der Waals surface area contributed by atoms with E-state index in [9.17, 15) is 22.7 Å². The third-order valence-corrected chi connectivity index (χ3v) is 8.51. The molecule has 0 aliphatic carbocycles. The van der Waals surface area contributed by atoms with Gasteiger partial charge in [0, 0.05) is 31.6 Å². The number of hydrogen-bond acceptors (Lipinski definition) is 6. The molecule has 39 heavy (non-hydrogen) atoms. The van der Waals surface area contributed by atoms with Crippen LogP contribution in [0.25, 0.3) is 0 Å². The Morgan fingerprint density at radius 2 is 1.77 bits per heavy atom. The van der Waals surface area contributed by atoms with Crippen LogP contribution in [0.5, 0.6) is 17.2 Å². The standard InChI is InChI=1S/C28H32FN3O6S/c1-37-25-12-6-11-24(33)26(25)27(34)30-20-28(21-7-5-8-22(29)19-21)13-16-32(17-14-28)39(35,36)31-15-18-38-23-9-3-2-4-10-23/h2-12,19,31,33H,13-18,20H2,1H3,(H,30,34). The zero-order valence-electron chi connectivity index (χ0n) is 21.6. The number of ether oxygens (including phenoxy) is 2. The summed E-state index contributed by atoms with van der Waals surface area (Å²) in [6.45, 7) is 0.717. The highest BCUT2D eigenvalue weighted by molar-refractivity contribution is 7.87. The Labute approximate surface area is 227 Å². The number of carbonyl (C=O) groups excluding carboxylic acids is 1. The molecule has 9 nitrogen and oxygen atoms in total. The molecule has 0 atom stereocenters. The lowest BCUT2D eigenvalue weighted by atomic mass is 9.73. The van der Waals surface area contributed by atoms with Crippen LogP contribution in [0.4, 0.5) is 4.39 Å². The molecule has 1 aliphatic heterocycles. The van der Waals surface area contributed by atoms with E-state index in [0.717, 1.165) is 0 Å². The first-order valence-electron chi connectivity index (χ1n) is 12.6. The fourth-order valence-corrected chi connectivity index (χ4v) is 5.93. The number of benzene rings is 3. The third kappa shape index (κ3) is 6.86. The van der Waals surface area contributed by atoms with Crippen molar-refractivity contribution in [1.29, 1.82) is 0 Å². The number of hydrogen-bond donors (Lipinski definition) is 3. The van der Waals surface area contributed by atoms with Gasteiger partial charge in [-0.3, -0.25) is 4.79 Å². The summed E-state index contributed by atoms with van der Waals surface area (Å²) in [4.78, 5) is 13.0. The van der Waals surface area contributed by atoms with Crippen LogP contribution < -0.4 is 19.5 Å². The van der Waals surface area contributed by atoms with Crippen molar-refractivity contribution < 1.29 is 32.2 Å². The molecular formula is C28H32FN3O6S. The van der Waals surface area contributed by atoms with Crippen molar-refractivity contribution in [3.05, 3.63) is 89.7 Å². The average Bonchev–Trinajstić information content (AvgIpc) is 2.94. The van der Waals surface area contributed by atoms with Gasteiger partial charge in [0.15, 0.2) is 0 Å². The Balaban J connectivity index is 1.43. The number of para-hydroxylation sites is 1. The predicted octanol–water partition coefficient (Wildman–Crippen LogP) is 3.22. The SMILES string of the molecule is COc1cccc(O)c1C(=O)NCC1(c2cccc(F)c2)CCN(S(=O)(=O)NCCOc2ccccc2)CC1. The molecule has 0 aromatic heterocycles. The highest BCUT2D eigenvalue weighted by Crippen LogP contribution is 2.36. The van der Waals surface area contributed by atoms with E-state index in [2.05, 4.69) is 10.0 Å². The molecule has 1 aliphatic rings. The van der Waals surface area contributed by atoms with Crippen LogP contribution in [0.15, 0.2) is 72.8 Å². The molecule has 1 fully saturated rings. The summed E-state index contributed by atoms with van der Waals surface area (Å²) >= 11 is 0. The fourth-order valence-electron chi connectivity index (χ4n) is 4.74. The number of nitrogens with one attached hydrogen (secondary N) is 2. The number of phenolic OH excluding ortho intramolecular Hbond substituents is 1. The number of methoxy groups -OCH3 is 1. The fraction of sp³-hybridized carbons (Fsp3) is 0.321. The van der Waals surface area contributed by atoms with Crippen LogP contribution in [-0.4, -0.2) is 63.6 Å². The van der Waals surface area contributed by atoms with Gasteiger partial charge in [0.25, 0.3) is 16.1 Å². The molecule has 0 spiro atoms. The summed E-state index contributed by atoms with van der Waals surface area (Å²) in [7, 11) is -2.37. The molecule has 3 aromatic carbocycles. The lowest BCUT2D eigenvalue weighted by Gasteiger charge is -2.42. The van der Waals surface area contributed by atoms with E-state index < -0.39 is 27.3 Å². The van der Waals surface area contributed by atoms with Gasteiger partial charge in [-0.15, -0.1) is 0 Å². The number of nitrogens with zero attached hydrogens (tertiary/aromatic N) is 1. The zero-order chi connectivity index (χ0) is 27.9. The first-order chi connectivity index (χ1) is 18.7. The first-order valence-corrected chi connectivity index (χ1v) is 14.0. The Bertz CT molecular complexity index is 1380. The molecule has 0 radical (unpaired) electrons. The van der Waals surface area contributed by atoms with E-state index in [1.165, 1.54) is 29.6 Å². The largest absolute Gasteiger partial charge is 0.507 e. The third-order valence-electron chi connectivity index (χ3n) is 6.89. The highest BCUT2D eigenvalue weighted by Gasteiger charge is 2.40. The lowest BCUT2D eigenvalue weighted by Crippen LogP contribution is -2.52. The van der Waals surface area contributed by atoms with E-state index in [1.807, 2.05) is 18.2 Å². The molecule has 1 saturated heterocycles. The molecule has 4 rings (SSSR count). The number of carbonyl (C=O) groups is 1. The predicted molar refractivity (Wildman–Crippen MR) is 145 cm³/mol. The lowest BCUT2D eigenvalue weighted by molar-refractivity contribution is 0.0927. The van der Waals surface area contributed by atoms with Crippen molar-refractivity contribution in [2.24, 2.45) is 0 Å². The van der Waals surface area contributed by atoms with Gasteiger partial charge in [0.2, 0.25) is 0 Å². The normalized spacial score (nSPS) is 15.4. The summed E-state index contributed by atoms with van der Waals surface area (Å²) < 4.78 is 54.8. The van der Waals surface area contributed by atoms with Crippen molar-refractivity contribution >= 4 is 16.1 Å². The molecule has 208 valence electrons. The number of piperidine rings is 1. The molecule has 3 aromatic rings. The Hall–Kier alpha value is -3.67. The minimum Gasteiger partial charge on any atom is -0.507 e. The smallest absolute Gasteiger partial charge is 0.279 e. The summed E-state index contributed by atoms with van der Waals surface area (Å²) in [5.74, 6) is -0.324. The summed E-state index contributed by atoms with van der Waals surface area (Å²) in [6, 6.07) is 19.8. The minimum absolute atomic E-state index is 0.00340. The monoisotopic (exact) mass is 557 g/mol. The number of aromatic hydroxyl groups is 1. The molecule has 0 bridgehead atoms. The molecule has 3 N–H and O–H groups in total. The van der Waals surface area contributed by atoms with Crippen molar-refractivity contribution in [2.45, 2.75) is 18.3 Å². The van der Waals surface area contributed by atoms with Crippen molar-refractivity contribution in [3.63, 3.8) is 0 Å². The van der Waals surface area contributed by atoms with Gasteiger partial charge in [-0.05, 0) is 54.8 Å². The van der Waals surface area contributed by atoms with Gasteiger partial charge in [-0.25, -0.2) is 4.39 Å². The first kappa shape index (κ1) is 28.3. The van der Waals surface area contributed by atoms with Crippen molar-refractivity contribution in [1.82, 2.24) is 14.3 Å². The van der Waals surface area contributed by atoms with E-state index in [0.29, 0.717) is 24.2 Å². The highest BCUT2D eigenvalue weighted by atomic mass is 32.2. The van der Waals surface area contributed by atoms with Gasteiger partial charge in [-0.1, -0.05) is 36.4 Å². The zero-order valence-corrected chi connectivity index (χ0v) is 22.4. The van der Waals surface area contributed by atoms with E-state index >= 15 is 0 Å². The second-order valence-corrected chi connectivity index (χ2v) is 11.0. The van der Waals surface area contributed by atoms with Gasteiger partial charge in [0.05, 0.1) is 7.11 Å². The second kappa shape index (κ2) is 12.5. The number of amides is 1. The molecule has 1 amide bonds. The Morgan fingerprint density at radius 1 is 1.05 bits per heavy atom. The maximum Gasteiger partial charge on any atom is 0.279 e. The minimum atomic E-state index is -3.77. The van der Waals surface area contributed by atoms with Crippen LogP contribution >= 0.6 is 0 Å². The van der Waals surface area contributed by atoms with Crippen LogP contribution in [0, 0.1) is 5.82 Å². The Morgan fingerprint density at radius 3 is 2.46 bits per heavy atom. The summed E-state index contributed by atoms with van der Waals surface area (Å²) in [5, 5.41) is 13.1. The summed E-state index contributed by atoms with van der Waals surface area (Å²) in [6.07, 6.45) is 0.687. The molecule has 0 saturated carbocycles. The van der Waals surface area contributed by atoms with E-state index in [-0.39, 0.29) is 49.8 Å². The van der Waals surface area contributed by atoms with E-state index in [4.69, 9.17) is 9.47 Å². The second-order valence-electron chi connectivity index (χ2n) is 9.29. The molecule has 0 unspecified atom stereocenters.